The second-order valence-corrected chi connectivity index (χ2v) is 4.16. The largest absolute Gasteiger partial charge is 0.0841 e. The molecule has 0 unspecified atom stereocenters. The van der Waals surface area contributed by atoms with Crippen LogP contribution in [0.2, 0.25) is 5.02 Å². The van der Waals surface area contributed by atoms with Crippen LogP contribution >= 0.6 is 11.6 Å². The van der Waals surface area contributed by atoms with Crippen LogP contribution in [0.4, 0.5) is 0 Å². The quantitative estimate of drug-likeness (QED) is 0.574. The van der Waals surface area contributed by atoms with Gasteiger partial charge in [-0.1, -0.05) is 83.2 Å². The van der Waals surface area contributed by atoms with Crippen molar-refractivity contribution >= 4 is 11.6 Å². The highest BCUT2D eigenvalue weighted by Gasteiger charge is 1.86. The monoisotopic (exact) mass is 242 g/mol. The molecule has 0 fully saturated rings. The van der Waals surface area contributed by atoms with Crippen molar-refractivity contribution in [2.45, 2.75) is 60.3 Å². The summed E-state index contributed by atoms with van der Waals surface area (Å²) >= 11 is 5.71. The van der Waals surface area contributed by atoms with Crippen LogP contribution in [0.1, 0.15) is 58.9 Å². The van der Waals surface area contributed by atoms with Gasteiger partial charge in [-0.3, -0.25) is 0 Å². The lowest BCUT2D eigenvalue weighted by Crippen LogP contribution is -1.68. The van der Waals surface area contributed by atoms with Crippen LogP contribution in [-0.2, 0) is 0 Å². The first kappa shape index (κ1) is 17.9. The lowest BCUT2D eigenvalue weighted by molar-refractivity contribution is 0.886. The van der Waals surface area contributed by atoms with Gasteiger partial charge in [-0.05, 0) is 18.6 Å². The number of hydrogen-bond donors (Lipinski definition) is 0. The average Bonchev–Trinajstić information content (AvgIpc) is 2.33. The number of hydrogen-bond acceptors (Lipinski definition) is 0. The summed E-state index contributed by atoms with van der Waals surface area (Å²) in [6.07, 6.45) is 5.28. The molecule has 0 atom stereocenters. The molecule has 1 aromatic carbocycles. The number of aryl methyl sites for hydroxylation is 1. The van der Waals surface area contributed by atoms with Crippen LogP contribution in [-0.4, -0.2) is 0 Å². The zero-order valence-electron chi connectivity index (χ0n) is 11.5. The van der Waals surface area contributed by atoms with E-state index in [2.05, 4.69) is 27.7 Å². The molecule has 0 aliphatic rings. The van der Waals surface area contributed by atoms with Crippen LogP contribution < -0.4 is 0 Å². The Labute approximate surface area is 107 Å². The normalized spacial score (nSPS) is 8.38. The van der Waals surface area contributed by atoms with Gasteiger partial charge in [0.2, 0.25) is 0 Å². The van der Waals surface area contributed by atoms with E-state index in [1.807, 2.05) is 31.2 Å². The van der Waals surface area contributed by atoms with E-state index in [0.29, 0.717) is 0 Å². The Morgan fingerprint density at radius 1 is 0.812 bits per heavy atom. The number of benzene rings is 1. The molecule has 0 spiro atoms. The summed E-state index contributed by atoms with van der Waals surface area (Å²) in [6, 6.07) is 7.77. The Morgan fingerprint density at radius 2 is 1.19 bits per heavy atom. The Balaban J connectivity index is 0. The maximum atomic E-state index is 5.71. The highest BCUT2D eigenvalue weighted by atomic mass is 35.5. The van der Waals surface area contributed by atoms with E-state index in [4.69, 9.17) is 11.6 Å². The van der Waals surface area contributed by atoms with Crippen LogP contribution in [0.25, 0.3) is 0 Å². The van der Waals surface area contributed by atoms with Gasteiger partial charge >= 0.3 is 0 Å². The van der Waals surface area contributed by atoms with E-state index in [-0.39, 0.29) is 0 Å². The minimum atomic E-state index is 0.840. The second-order valence-electron chi connectivity index (χ2n) is 3.75. The molecule has 0 N–H and O–H groups in total. The van der Waals surface area contributed by atoms with Crippen LogP contribution in [0, 0.1) is 6.92 Å². The zero-order chi connectivity index (χ0) is 12.8. The molecule has 0 amide bonds. The van der Waals surface area contributed by atoms with Gasteiger partial charge in [-0.25, -0.2) is 0 Å². The molecular weight excluding hydrogens is 216 g/mol. The van der Waals surface area contributed by atoms with Crippen molar-refractivity contribution in [3.63, 3.8) is 0 Å². The number of rotatable bonds is 2. The smallest absolute Gasteiger partial charge is 0.0435 e. The molecule has 0 nitrogen and oxygen atoms in total. The molecule has 0 saturated carbocycles. The fraction of sp³-hybridized carbons (Fsp3) is 0.600. The van der Waals surface area contributed by atoms with Crippen molar-refractivity contribution in [3.8, 4) is 0 Å². The summed E-state index contributed by atoms with van der Waals surface area (Å²) in [5.41, 5.74) is 1.13. The second kappa shape index (κ2) is 14.5. The minimum Gasteiger partial charge on any atom is -0.0841 e. The average molecular weight is 243 g/mol. The lowest BCUT2D eigenvalue weighted by Gasteiger charge is -1.90. The first-order valence-electron chi connectivity index (χ1n) is 6.34. The SMILES string of the molecule is CCCC.CCCC.Cc1ccccc1Cl. The van der Waals surface area contributed by atoms with E-state index in [1.54, 1.807) is 0 Å². The third kappa shape index (κ3) is 13.5. The van der Waals surface area contributed by atoms with E-state index in [1.165, 1.54) is 25.7 Å². The summed E-state index contributed by atoms with van der Waals surface area (Å²) < 4.78 is 0. The Morgan fingerprint density at radius 3 is 1.38 bits per heavy atom. The topological polar surface area (TPSA) is 0 Å². The number of halogens is 1. The summed E-state index contributed by atoms with van der Waals surface area (Å²) in [7, 11) is 0. The predicted molar refractivity (Wildman–Crippen MR) is 77.4 cm³/mol. The van der Waals surface area contributed by atoms with Crippen molar-refractivity contribution in [3.05, 3.63) is 34.9 Å². The highest BCUT2D eigenvalue weighted by molar-refractivity contribution is 6.31. The van der Waals surface area contributed by atoms with Crippen LogP contribution in [0.5, 0.6) is 0 Å². The Bertz CT molecular complexity index is 202. The molecule has 1 rings (SSSR count). The van der Waals surface area contributed by atoms with Crippen molar-refractivity contribution in [2.24, 2.45) is 0 Å². The summed E-state index contributed by atoms with van der Waals surface area (Å²) in [5, 5.41) is 0.840. The van der Waals surface area contributed by atoms with E-state index in [0.717, 1.165) is 10.6 Å². The zero-order valence-corrected chi connectivity index (χ0v) is 12.3. The highest BCUT2D eigenvalue weighted by Crippen LogP contribution is 2.11. The van der Waals surface area contributed by atoms with E-state index in [9.17, 15) is 0 Å². The van der Waals surface area contributed by atoms with Gasteiger partial charge in [-0.2, -0.15) is 0 Å². The third-order valence-electron chi connectivity index (χ3n) is 2.08. The van der Waals surface area contributed by atoms with E-state index < -0.39 is 0 Å². The standard InChI is InChI=1S/C7H7Cl.2C4H10/c1-6-4-2-3-5-7(6)8;2*1-3-4-2/h2-5H,1H3;2*3-4H2,1-2H3. The Kier molecular flexibility index (Phi) is 16.2. The van der Waals surface area contributed by atoms with Crippen molar-refractivity contribution in [2.75, 3.05) is 0 Å². The molecule has 0 saturated heterocycles. The first-order chi connectivity index (χ1) is 7.63. The van der Waals surface area contributed by atoms with E-state index >= 15 is 0 Å². The van der Waals surface area contributed by atoms with Crippen molar-refractivity contribution < 1.29 is 0 Å². The molecule has 0 bridgehead atoms. The summed E-state index contributed by atoms with van der Waals surface area (Å²) in [6.45, 7) is 10.7. The molecular formula is C15H27Cl. The van der Waals surface area contributed by atoms with Gasteiger partial charge in [0.25, 0.3) is 0 Å². The molecule has 1 aromatic rings. The van der Waals surface area contributed by atoms with Gasteiger partial charge in [-0.15, -0.1) is 0 Å². The van der Waals surface area contributed by atoms with Gasteiger partial charge in [0.05, 0.1) is 0 Å². The molecule has 0 radical (unpaired) electrons. The molecule has 0 aliphatic carbocycles. The molecule has 94 valence electrons. The predicted octanol–water partition coefficient (Wildman–Crippen LogP) is 6.26. The number of unbranched alkanes of at least 4 members (excludes halogenated alkanes) is 2. The lowest BCUT2D eigenvalue weighted by atomic mass is 10.2. The maximum absolute atomic E-state index is 5.71. The summed E-state index contributed by atoms with van der Waals surface area (Å²) in [4.78, 5) is 0. The molecule has 0 heterocycles. The van der Waals surface area contributed by atoms with Gasteiger partial charge < -0.3 is 0 Å². The third-order valence-corrected chi connectivity index (χ3v) is 2.50. The van der Waals surface area contributed by atoms with Gasteiger partial charge in [0.1, 0.15) is 0 Å². The fourth-order valence-electron chi connectivity index (χ4n) is 0.551. The summed E-state index contributed by atoms with van der Waals surface area (Å²) in [5.74, 6) is 0. The van der Waals surface area contributed by atoms with Crippen molar-refractivity contribution in [1.82, 2.24) is 0 Å². The van der Waals surface area contributed by atoms with Crippen molar-refractivity contribution in [1.29, 1.82) is 0 Å². The fourth-order valence-corrected chi connectivity index (χ4v) is 0.687. The molecule has 16 heavy (non-hydrogen) atoms. The maximum Gasteiger partial charge on any atom is 0.0435 e. The molecule has 0 aliphatic heterocycles. The van der Waals surface area contributed by atoms with Gasteiger partial charge in [0, 0.05) is 5.02 Å². The van der Waals surface area contributed by atoms with Gasteiger partial charge in [0.15, 0.2) is 0 Å². The van der Waals surface area contributed by atoms with Crippen LogP contribution in [0.15, 0.2) is 24.3 Å². The first-order valence-corrected chi connectivity index (χ1v) is 6.72. The minimum absolute atomic E-state index is 0.840. The Hall–Kier alpha value is -0.490. The van der Waals surface area contributed by atoms with Crippen LogP contribution in [0.3, 0.4) is 0 Å². The molecule has 1 heteroatoms. The molecule has 0 aromatic heterocycles.